The van der Waals surface area contributed by atoms with Gasteiger partial charge in [-0.05, 0) is 48.5 Å². The highest BCUT2D eigenvalue weighted by Crippen LogP contribution is 2.29. The maximum Gasteiger partial charge on any atom is 0.265 e. The maximum atomic E-state index is 12.5. The minimum Gasteiger partial charge on any atom is -0.504 e. The Labute approximate surface area is 180 Å². The minimum atomic E-state index is -0.384. The molecule has 2 amide bonds. The number of phenols is 1. The first-order valence-electron chi connectivity index (χ1n) is 9.08. The van der Waals surface area contributed by atoms with Crippen molar-refractivity contribution in [1.29, 1.82) is 0 Å². The third kappa shape index (κ3) is 4.54. The molecule has 0 aliphatic heterocycles. The van der Waals surface area contributed by atoms with Crippen molar-refractivity contribution in [2.24, 2.45) is 0 Å². The molecule has 0 aliphatic carbocycles. The predicted molar refractivity (Wildman–Crippen MR) is 116 cm³/mol. The van der Waals surface area contributed by atoms with Gasteiger partial charge in [-0.1, -0.05) is 0 Å². The second kappa shape index (κ2) is 8.67. The van der Waals surface area contributed by atoms with Crippen LogP contribution in [0.2, 0.25) is 0 Å². The summed E-state index contributed by atoms with van der Waals surface area (Å²) >= 11 is 1.07. The van der Waals surface area contributed by atoms with Gasteiger partial charge >= 0.3 is 0 Å². The van der Waals surface area contributed by atoms with Crippen molar-refractivity contribution in [2.45, 2.75) is 0 Å². The largest absolute Gasteiger partial charge is 0.504 e. The second-order valence-corrected chi connectivity index (χ2v) is 7.43. The van der Waals surface area contributed by atoms with E-state index in [1.807, 2.05) is 12.1 Å². The zero-order valence-corrected chi connectivity index (χ0v) is 17.1. The Morgan fingerprint density at radius 3 is 2.19 bits per heavy atom. The Kier molecular flexibility index (Phi) is 5.63. The van der Waals surface area contributed by atoms with E-state index in [9.17, 15) is 14.7 Å². The molecule has 156 valence electrons. The summed E-state index contributed by atoms with van der Waals surface area (Å²) < 4.78 is 6.59. The van der Waals surface area contributed by atoms with Crippen LogP contribution < -0.4 is 15.4 Å². The molecule has 3 N–H and O–H groups in total. The number of benzene rings is 2. The lowest BCUT2D eigenvalue weighted by Crippen LogP contribution is -2.11. The molecule has 0 spiro atoms. The van der Waals surface area contributed by atoms with Crippen LogP contribution in [0.25, 0.3) is 5.69 Å². The molecule has 4 rings (SSSR count). The SMILES string of the molecule is COc1ccc(NC(=O)c2ccc(C(=O)Nc3ccc(-n4cncn4)cc3)s2)cc1O. The Morgan fingerprint density at radius 2 is 1.61 bits per heavy atom. The van der Waals surface area contributed by atoms with Crippen molar-refractivity contribution in [3.05, 3.63) is 77.0 Å². The monoisotopic (exact) mass is 435 g/mol. The van der Waals surface area contributed by atoms with E-state index in [-0.39, 0.29) is 17.6 Å². The number of carbonyl (C=O) groups is 2. The molecule has 0 saturated carbocycles. The fraction of sp³-hybridized carbons (Fsp3) is 0.0476. The van der Waals surface area contributed by atoms with Gasteiger partial charge in [0.05, 0.1) is 22.6 Å². The van der Waals surface area contributed by atoms with Crippen LogP contribution in [0.5, 0.6) is 11.5 Å². The van der Waals surface area contributed by atoms with Crippen molar-refractivity contribution in [3.8, 4) is 17.2 Å². The van der Waals surface area contributed by atoms with Crippen molar-refractivity contribution < 1.29 is 19.4 Å². The molecule has 0 bridgehead atoms. The highest BCUT2D eigenvalue weighted by atomic mass is 32.1. The van der Waals surface area contributed by atoms with Crippen LogP contribution in [0.4, 0.5) is 11.4 Å². The van der Waals surface area contributed by atoms with E-state index in [4.69, 9.17) is 4.74 Å². The summed E-state index contributed by atoms with van der Waals surface area (Å²) in [6, 6.07) is 14.8. The minimum absolute atomic E-state index is 0.0821. The average Bonchev–Trinajstić information content (AvgIpc) is 3.47. The molecule has 0 aliphatic rings. The van der Waals surface area contributed by atoms with E-state index in [1.54, 1.807) is 47.4 Å². The van der Waals surface area contributed by atoms with E-state index in [0.717, 1.165) is 17.0 Å². The number of nitrogens with one attached hydrogen (secondary N) is 2. The van der Waals surface area contributed by atoms with Gasteiger partial charge in [-0.2, -0.15) is 5.10 Å². The number of methoxy groups -OCH3 is 1. The average molecular weight is 435 g/mol. The van der Waals surface area contributed by atoms with Crippen LogP contribution >= 0.6 is 11.3 Å². The number of thiophene rings is 1. The van der Waals surface area contributed by atoms with Gasteiger partial charge in [0.2, 0.25) is 0 Å². The van der Waals surface area contributed by atoms with E-state index in [1.165, 1.54) is 19.5 Å². The van der Waals surface area contributed by atoms with Gasteiger partial charge in [0.15, 0.2) is 11.5 Å². The van der Waals surface area contributed by atoms with Crippen molar-refractivity contribution in [1.82, 2.24) is 14.8 Å². The summed E-state index contributed by atoms with van der Waals surface area (Å²) in [4.78, 5) is 29.6. The van der Waals surface area contributed by atoms with Gasteiger partial charge in [-0.3, -0.25) is 9.59 Å². The number of aromatic hydroxyl groups is 1. The molecule has 2 aromatic carbocycles. The zero-order chi connectivity index (χ0) is 21.8. The number of ether oxygens (including phenoxy) is 1. The molecule has 0 unspecified atom stereocenters. The van der Waals surface area contributed by atoms with Gasteiger partial charge in [0, 0.05) is 17.4 Å². The van der Waals surface area contributed by atoms with Crippen LogP contribution in [0.15, 0.2) is 67.3 Å². The smallest absolute Gasteiger partial charge is 0.265 e. The molecular formula is C21H17N5O4S. The fourth-order valence-corrected chi connectivity index (χ4v) is 3.57. The first-order chi connectivity index (χ1) is 15.0. The number of hydrogen-bond donors (Lipinski definition) is 3. The number of anilines is 2. The molecule has 0 atom stereocenters. The quantitative estimate of drug-likeness (QED) is 0.426. The van der Waals surface area contributed by atoms with Gasteiger partial charge in [0.1, 0.15) is 12.7 Å². The van der Waals surface area contributed by atoms with E-state index in [2.05, 4.69) is 20.7 Å². The molecule has 0 radical (unpaired) electrons. The Bertz CT molecular complexity index is 1220. The summed E-state index contributed by atoms with van der Waals surface area (Å²) in [5.41, 5.74) is 1.84. The van der Waals surface area contributed by atoms with Crippen LogP contribution in [-0.4, -0.2) is 38.8 Å². The molecule has 4 aromatic rings. The Hall–Kier alpha value is -4.18. The van der Waals surface area contributed by atoms with Crippen LogP contribution in [0.3, 0.4) is 0 Å². The molecular weight excluding hydrogens is 418 g/mol. The summed E-state index contributed by atoms with van der Waals surface area (Å²) in [6.45, 7) is 0. The van der Waals surface area contributed by atoms with E-state index >= 15 is 0 Å². The number of carbonyl (C=O) groups excluding carboxylic acids is 2. The van der Waals surface area contributed by atoms with Gasteiger partial charge < -0.3 is 20.5 Å². The van der Waals surface area contributed by atoms with Gasteiger partial charge in [0.25, 0.3) is 11.8 Å². The molecule has 0 fully saturated rings. The van der Waals surface area contributed by atoms with Crippen molar-refractivity contribution >= 4 is 34.5 Å². The number of hydrogen-bond acceptors (Lipinski definition) is 7. The molecule has 31 heavy (non-hydrogen) atoms. The third-order valence-electron chi connectivity index (χ3n) is 4.30. The lowest BCUT2D eigenvalue weighted by Gasteiger charge is -2.07. The van der Waals surface area contributed by atoms with Crippen LogP contribution in [-0.2, 0) is 0 Å². The molecule has 9 nitrogen and oxygen atoms in total. The Balaban J connectivity index is 1.40. The zero-order valence-electron chi connectivity index (χ0n) is 16.3. The molecule has 0 saturated heterocycles. The molecule has 2 aromatic heterocycles. The first-order valence-corrected chi connectivity index (χ1v) is 9.90. The molecule has 2 heterocycles. The van der Waals surface area contributed by atoms with Gasteiger partial charge in [-0.15, -0.1) is 11.3 Å². The Morgan fingerprint density at radius 1 is 0.968 bits per heavy atom. The third-order valence-corrected chi connectivity index (χ3v) is 5.38. The maximum absolute atomic E-state index is 12.5. The van der Waals surface area contributed by atoms with E-state index in [0.29, 0.717) is 26.9 Å². The summed E-state index contributed by atoms with van der Waals surface area (Å²) in [5.74, 6) is -0.478. The van der Waals surface area contributed by atoms with Crippen LogP contribution in [0, 0.1) is 0 Å². The number of rotatable bonds is 6. The number of amides is 2. The standard InChI is InChI=1S/C21H17N5O4S/c1-30-17-7-4-14(10-16(17)27)25-21(29)19-9-8-18(31-19)20(28)24-13-2-5-15(6-3-13)26-12-22-11-23-26/h2-12,27H,1H3,(H,24,28)(H,25,29). The topological polar surface area (TPSA) is 118 Å². The number of phenolic OH excluding ortho intramolecular Hbond substituents is 1. The predicted octanol–water partition coefficient (Wildman–Crippen LogP) is 3.55. The normalized spacial score (nSPS) is 10.5. The first kappa shape index (κ1) is 20.1. The second-order valence-electron chi connectivity index (χ2n) is 6.35. The van der Waals surface area contributed by atoms with Crippen molar-refractivity contribution in [2.75, 3.05) is 17.7 Å². The highest BCUT2D eigenvalue weighted by Gasteiger charge is 2.15. The lowest BCUT2D eigenvalue weighted by atomic mass is 10.2. The number of aromatic nitrogens is 3. The lowest BCUT2D eigenvalue weighted by molar-refractivity contribution is 0.102. The fourth-order valence-electron chi connectivity index (χ4n) is 2.77. The van der Waals surface area contributed by atoms with E-state index < -0.39 is 0 Å². The van der Waals surface area contributed by atoms with Crippen LogP contribution in [0.1, 0.15) is 19.3 Å². The summed E-state index contributed by atoms with van der Waals surface area (Å²) in [6.07, 6.45) is 3.02. The van der Waals surface area contributed by atoms with Crippen molar-refractivity contribution in [3.63, 3.8) is 0 Å². The number of nitrogens with zero attached hydrogens (tertiary/aromatic N) is 3. The highest BCUT2D eigenvalue weighted by molar-refractivity contribution is 7.16. The summed E-state index contributed by atoms with van der Waals surface area (Å²) in [5, 5.41) is 19.4. The molecule has 10 heteroatoms. The summed E-state index contributed by atoms with van der Waals surface area (Å²) in [7, 11) is 1.44. The van der Waals surface area contributed by atoms with Gasteiger partial charge in [-0.25, -0.2) is 9.67 Å².